The van der Waals surface area contributed by atoms with Crippen LogP contribution in [0.5, 0.6) is 23.0 Å². The quantitative estimate of drug-likeness (QED) is 0.465. The van der Waals surface area contributed by atoms with Crippen molar-refractivity contribution in [2.24, 2.45) is 5.10 Å². The Labute approximate surface area is 167 Å². The first-order valence-corrected chi connectivity index (χ1v) is 8.88. The Morgan fingerprint density at radius 3 is 2.68 bits per heavy atom. The van der Waals surface area contributed by atoms with E-state index in [2.05, 4.69) is 15.3 Å². The van der Waals surface area contributed by atoms with Crippen molar-refractivity contribution in [2.45, 2.75) is 6.92 Å². The number of benzene rings is 2. The first kappa shape index (κ1) is 19.4. The lowest BCUT2D eigenvalue weighted by atomic mass is 10.2. The number of para-hydroxylation sites is 1. The van der Waals surface area contributed by atoms with Gasteiger partial charge in [-0.2, -0.15) is 14.9 Å². The Bertz CT molecular complexity index is 1060. The third kappa shape index (κ3) is 3.84. The third-order valence-electron chi connectivity index (χ3n) is 3.93. The summed E-state index contributed by atoms with van der Waals surface area (Å²) in [6.07, 6.45) is 1.49. The minimum absolute atomic E-state index is 0.00998. The van der Waals surface area contributed by atoms with Gasteiger partial charge in [-0.1, -0.05) is 6.07 Å². The molecule has 0 radical (unpaired) electrons. The first-order valence-electron chi connectivity index (χ1n) is 8.48. The van der Waals surface area contributed by atoms with Gasteiger partial charge in [-0.05, 0) is 49.5 Å². The van der Waals surface area contributed by atoms with E-state index in [4.69, 9.17) is 26.4 Å². The van der Waals surface area contributed by atoms with E-state index in [1.165, 1.54) is 10.9 Å². The van der Waals surface area contributed by atoms with Gasteiger partial charge in [-0.25, -0.2) is 5.10 Å². The van der Waals surface area contributed by atoms with Gasteiger partial charge in [-0.15, -0.1) is 0 Å². The molecule has 0 aliphatic heterocycles. The molecule has 0 unspecified atom stereocenters. The maximum Gasteiger partial charge on any atom is 0.216 e. The molecule has 0 aliphatic rings. The predicted octanol–water partition coefficient (Wildman–Crippen LogP) is 3.61. The number of aromatic amines is 1. The highest BCUT2D eigenvalue weighted by Gasteiger charge is 2.13. The van der Waals surface area contributed by atoms with Crippen molar-refractivity contribution < 1.29 is 19.3 Å². The molecule has 2 N–H and O–H groups in total. The van der Waals surface area contributed by atoms with E-state index in [1.54, 1.807) is 44.6 Å². The molecule has 146 valence electrons. The van der Waals surface area contributed by atoms with Crippen molar-refractivity contribution in [3.63, 3.8) is 0 Å². The molecule has 0 amide bonds. The highest BCUT2D eigenvalue weighted by molar-refractivity contribution is 7.71. The van der Waals surface area contributed by atoms with E-state index in [1.807, 2.05) is 13.0 Å². The van der Waals surface area contributed by atoms with Crippen LogP contribution in [0.1, 0.15) is 12.5 Å². The Morgan fingerprint density at radius 2 is 1.96 bits per heavy atom. The zero-order valence-electron chi connectivity index (χ0n) is 15.7. The summed E-state index contributed by atoms with van der Waals surface area (Å²) in [5.74, 6) is 2.06. The van der Waals surface area contributed by atoms with Gasteiger partial charge in [-0.3, -0.25) is 0 Å². The number of rotatable bonds is 7. The molecule has 0 atom stereocenters. The second-order valence-electron chi connectivity index (χ2n) is 5.61. The SMILES string of the molecule is CCOc1cccc(/C=N\n2c(-c3ccc(OC)c(OC)c3)n[nH]c2=S)c1O. The van der Waals surface area contributed by atoms with Crippen LogP contribution < -0.4 is 14.2 Å². The average Bonchev–Trinajstić information content (AvgIpc) is 3.08. The maximum absolute atomic E-state index is 10.3. The molecule has 9 heteroatoms. The molecule has 0 bridgehead atoms. The molecular weight excluding hydrogens is 380 g/mol. The lowest BCUT2D eigenvalue weighted by molar-refractivity contribution is 0.318. The van der Waals surface area contributed by atoms with Crippen LogP contribution in [0.3, 0.4) is 0 Å². The number of aromatic nitrogens is 3. The van der Waals surface area contributed by atoms with Crippen molar-refractivity contribution in [1.82, 2.24) is 14.9 Å². The Kier molecular flexibility index (Phi) is 5.95. The zero-order valence-corrected chi connectivity index (χ0v) is 16.5. The minimum Gasteiger partial charge on any atom is -0.504 e. The normalized spacial score (nSPS) is 11.0. The molecule has 1 heterocycles. The summed E-state index contributed by atoms with van der Waals surface area (Å²) in [4.78, 5) is 0. The molecule has 3 rings (SSSR count). The van der Waals surface area contributed by atoms with E-state index in [0.29, 0.717) is 40.0 Å². The van der Waals surface area contributed by atoms with Crippen molar-refractivity contribution in [1.29, 1.82) is 0 Å². The fraction of sp³-hybridized carbons (Fsp3) is 0.211. The van der Waals surface area contributed by atoms with Crippen molar-refractivity contribution in [2.75, 3.05) is 20.8 Å². The monoisotopic (exact) mass is 400 g/mol. The zero-order chi connectivity index (χ0) is 20.1. The number of methoxy groups -OCH3 is 2. The first-order chi connectivity index (χ1) is 13.6. The summed E-state index contributed by atoms with van der Waals surface area (Å²) in [7, 11) is 3.13. The van der Waals surface area contributed by atoms with Gasteiger partial charge in [0.05, 0.1) is 27.0 Å². The summed E-state index contributed by atoms with van der Waals surface area (Å²) in [5.41, 5.74) is 1.22. The fourth-order valence-corrected chi connectivity index (χ4v) is 2.78. The lowest BCUT2D eigenvalue weighted by Gasteiger charge is -2.09. The smallest absolute Gasteiger partial charge is 0.216 e. The topological polar surface area (TPSA) is 93.9 Å². The molecule has 3 aromatic rings. The number of H-pyrrole nitrogens is 1. The van der Waals surface area contributed by atoms with Gasteiger partial charge >= 0.3 is 0 Å². The molecule has 8 nitrogen and oxygen atoms in total. The number of hydrogen-bond acceptors (Lipinski definition) is 7. The van der Waals surface area contributed by atoms with E-state index < -0.39 is 0 Å². The van der Waals surface area contributed by atoms with Crippen LogP contribution in [0.4, 0.5) is 0 Å². The highest BCUT2D eigenvalue weighted by Crippen LogP contribution is 2.32. The van der Waals surface area contributed by atoms with Crippen molar-refractivity contribution >= 4 is 18.4 Å². The predicted molar refractivity (Wildman–Crippen MR) is 108 cm³/mol. The van der Waals surface area contributed by atoms with Gasteiger partial charge in [0.25, 0.3) is 0 Å². The molecular formula is C19H20N4O4S. The van der Waals surface area contributed by atoms with Crippen LogP contribution in [-0.2, 0) is 0 Å². The Balaban J connectivity index is 2.00. The van der Waals surface area contributed by atoms with Gasteiger partial charge in [0.2, 0.25) is 4.77 Å². The van der Waals surface area contributed by atoms with Gasteiger partial charge < -0.3 is 19.3 Å². The van der Waals surface area contributed by atoms with E-state index >= 15 is 0 Å². The second kappa shape index (κ2) is 8.57. The van der Waals surface area contributed by atoms with Crippen LogP contribution in [0.2, 0.25) is 0 Å². The Morgan fingerprint density at radius 1 is 1.18 bits per heavy atom. The number of aromatic hydroxyl groups is 1. The van der Waals surface area contributed by atoms with Crippen LogP contribution >= 0.6 is 12.2 Å². The number of phenolic OH excluding ortho intramolecular Hbond substituents is 1. The summed E-state index contributed by atoms with van der Waals surface area (Å²) in [6, 6.07) is 10.6. The molecule has 0 aliphatic carbocycles. The second-order valence-corrected chi connectivity index (χ2v) is 5.99. The van der Waals surface area contributed by atoms with Gasteiger partial charge in [0.1, 0.15) is 0 Å². The molecule has 2 aromatic carbocycles. The largest absolute Gasteiger partial charge is 0.504 e. The number of hydrogen-bond donors (Lipinski definition) is 2. The van der Waals surface area contributed by atoms with Crippen LogP contribution in [0.15, 0.2) is 41.5 Å². The number of nitrogens with one attached hydrogen (secondary N) is 1. The molecule has 0 saturated heterocycles. The summed E-state index contributed by atoms with van der Waals surface area (Å²) in [5, 5.41) is 21.7. The minimum atomic E-state index is 0.00998. The number of nitrogens with zero attached hydrogens (tertiary/aromatic N) is 3. The number of phenols is 1. The summed E-state index contributed by atoms with van der Waals surface area (Å²) in [6.45, 7) is 2.30. The molecule has 0 spiro atoms. The van der Waals surface area contributed by atoms with E-state index in [-0.39, 0.29) is 5.75 Å². The molecule has 0 fully saturated rings. The van der Waals surface area contributed by atoms with E-state index in [9.17, 15) is 5.11 Å². The average molecular weight is 400 g/mol. The molecule has 1 aromatic heterocycles. The molecule has 0 saturated carbocycles. The van der Waals surface area contributed by atoms with Gasteiger partial charge in [0.15, 0.2) is 28.8 Å². The van der Waals surface area contributed by atoms with Crippen LogP contribution in [-0.4, -0.2) is 47.0 Å². The fourth-order valence-electron chi connectivity index (χ4n) is 2.60. The Hall–Kier alpha value is -3.33. The lowest BCUT2D eigenvalue weighted by Crippen LogP contribution is -1.98. The summed E-state index contributed by atoms with van der Waals surface area (Å²) >= 11 is 5.29. The van der Waals surface area contributed by atoms with E-state index in [0.717, 1.165) is 5.56 Å². The maximum atomic E-state index is 10.3. The molecule has 28 heavy (non-hydrogen) atoms. The standard InChI is InChI=1S/C19H20N4O4S/c1-4-27-15-7-5-6-13(17(15)24)11-20-23-18(21-22-19(23)28)12-8-9-14(25-2)16(10-12)26-3/h5-11,24H,4H2,1-3H3,(H,22,28)/b20-11-. The van der Waals surface area contributed by atoms with Crippen LogP contribution in [0.25, 0.3) is 11.4 Å². The highest BCUT2D eigenvalue weighted by atomic mass is 32.1. The third-order valence-corrected chi connectivity index (χ3v) is 4.20. The van der Waals surface area contributed by atoms with Crippen LogP contribution in [0, 0.1) is 4.77 Å². The van der Waals surface area contributed by atoms with Crippen molar-refractivity contribution in [3.8, 4) is 34.4 Å². The van der Waals surface area contributed by atoms with Gasteiger partial charge in [0, 0.05) is 11.1 Å². The summed E-state index contributed by atoms with van der Waals surface area (Å²) < 4.78 is 17.8. The number of ether oxygens (including phenoxy) is 3. The van der Waals surface area contributed by atoms with Crippen molar-refractivity contribution in [3.05, 3.63) is 46.7 Å².